The van der Waals surface area contributed by atoms with Gasteiger partial charge in [0.15, 0.2) is 0 Å². The molecular weight excluding hydrogens is 266 g/mol. The minimum Gasteiger partial charge on any atom is -0.464 e. The minimum absolute atomic E-state index is 0.174. The summed E-state index contributed by atoms with van der Waals surface area (Å²) in [5.74, 6) is 0.581. The fraction of sp³-hybridized carbons (Fsp3) is 0.750. The zero-order valence-corrected chi connectivity index (χ0v) is 12.4. The van der Waals surface area contributed by atoms with E-state index in [2.05, 4.69) is 31.8 Å². The number of likely N-dealkylation sites (tertiary alicyclic amines) is 1. The van der Waals surface area contributed by atoms with Crippen molar-refractivity contribution in [2.75, 3.05) is 38.7 Å². The zero-order valence-electron chi connectivity index (χ0n) is 11.6. The molecule has 106 valence electrons. The number of nitrogens with zero attached hydrogens (tertiary/aromatic N) is 5. The van der Waals surface area contributed by atoms with Gasteiger partial charge in [-0.1, -0.05) is 0 Å². The molecule has 1 aromatic heterocycles. The molecule has 0 amide bonds. The van der Waals surface area contributed by atoms with Gasteiger partial charge in [-0.25, -0.2) is 0 Å². The molecule has 1 aliphatic rings. The number of ether oxygens (including phenoxy) is 1. The Morgan fingerprint density at radius 2 is 2.00 bits per heavy atom. The van der Waals surface area contributed by atoms with Crippen LogP contribution in [0.25, 0.3) is 0 Å². The van der Waals surface area contributed by atoms with Crippen LogP contribution < -0.4 is 9.64 Å². The number of anilines is 1. The first kappa shape index (κ1) is 14.3. The second-order valence-corrected chi connectivity index (χ2v) is 5.10. The highest BCUT2D eigenvalue weighted by atomic mass is 35.5. The SMILES string of the molecule is CCOc1nc(Cl)nc(N(C)C2CCN(C)CC2)n1. The van der Waals surface area contributed by atoms with Gasteiger partial charge in [0.25, 0.3) is 0 Å². The second-order valence-electron chi connectivity index (χ2n) is 4.77. The lowest BCUT2D eigenvalue weighted by Gasteiger charge is -2.35. The standard InChI is InChI=1S/C12H20ClN5O/c1-4-19-12-15-10(13)14-11(16-12)18(3)9-5-7-17(2)8-6-9/h9H,4-8H2,1-3H3. The molecule has 1 fully saturated rings. The third-order valence-electron chi connectivity index (χ3n) is 3.40. The molecule has 6 nitrogen and oxygen atoms in total. The van der Waals surface area contributed by atoms with Crippen molar-refractivity contribution >= 4 is 17.5 Å². The van der Waals surface area contributed by atoms with Crippen LogP contribution in [0.3, 0.4) is 0 Å². The van der Waals surface area contributed by atoms with Crippen LogP contribution in [-0.4, -0.2) is 59.7 Å². The molecule has 19 heavy (non-hydrogen) atoms. The van der Waals surface area contributed by atoms with Crippen molar-refractivity contribution in [1.29, 1.82) is 0 Å². The van der Waals surface area contributed by atoms with Gasteiger partial charge in [0.1, 0.15) is 0 Å². The Morgan fingerprint density at radius 3 is 2.63 bits per heavy atom. The Balaban J connectivity index is 2.11. The summed E-state index contributed by atoms with van der Waals surface area (Å²) in [6, 6.07) is 0.724. The highest BCUT2D eigenvalue weighted by Gasteiger charge is 2.23. The van der Waals surface area contributed by atoms with Gasteiger partial charge in [-0.05, 0) is 51.5 Å². The molecule has 1 aliphatic heterocycles. The van der Waals surface area contributed by atoms with Gasteiger partial charge in [0, 0.05) is 13.1 Å². The predicted molar refractivity (Wildman–Crippen MR) is 74.9 cm³/mol. The predicted octanol–water partition coefficient (Wildman–Crippen LogP) is 1.45. The molecule has 2 rings (SSSR count). The Hall–Kier alpha value is -1.14. The molecule has 0 unspecified atom stereocenters. The van der Waals surface area contributed by atoms with Crippen LogP contribution in [0.15, 0.2) is 0 Å². The van der Waals surface area contributed by atoms with Gasteiger partial charge >= 0.3 is 6.01 Å². The summed E-state index contributed by atoms with van der Waals surface area (Å²) in [7, 11) is 4.14. The summed E-state index contributed by atoms with van der Waals surface area (Å²) >= 11 is 5.91. The average Bonchev–Trinajstić information content (AvgIpc) is 2.38. The fourth-order valence-corrected chi connectivity index (χ4v) is 2.37. The number of piperidine rings is 1. The number of hydrogen-bond acceptors (Lipinski definition) is 6. The number of halogens is 1. The first-order chi connectivity index (χ1) is 9.10. The summed E-state index contributed by atoms with van der Waals surface area (Å²) in [4.78, 5) is 16.8. The lowest BCUT2D eigenvalue weighted by atomic mass is 10.0. The third kappa shape index (κ3) is 3.67. The van der Waals surface area contributed by atoms with Crippen molar-refractivity contribution in [1.82, 2.24) is 19.9 Å². The molecule has 0 atom stereocenters. The highest BCUT2D eigenvalue weighted by molar-refractivity contribution is 6.28. The smallest absolute Gasteiger partial charge is 0.322 e. The van der Waals surface area contributed by atoms with E-state index >= 15 is 0 Å². The van der Waals surface area contributed by atoms with E-state index in [0.29, 0.717) is 18.6 Å². The normalized spacial score (nSPS) is 17.5. The molecule has 0 bridgehead atoms. The van der Waals surface area contributed by atoms with Gasteiger partial charge in [0.2, 0.25) is 11.2 Å². The van der Waals surface area contributed by atoms with Gasteiger partial charge in [-0.2, -0.15) is 15.0 Å². The fourth-order valence-electron chi connectivity index (χ4n) is 2.22. The van der Waals surface area contributed by atoms with Crippen molar-refractivity contribution in [3.63, 3.8) is 0 Å². The second kappa shape index (κ2) is 6.34. The topological polar surface area (TPSA) is 54.4 Å². The summed E-state index contributed by atoms with van der Waals surface area (Å²) in [6.45, 7) is 4.58. The van der Waals surface area contributed by atoms with Gasteiger partial charge < -0.3 is 14.5 Å². The molecule has 0 spiro atoms. The summed E-state index contributed by atoms with van der Waals surface area (Å²) in [5, 5.41) is 0.174. The Kier molecular flexibility index (Phi) is 4.76. The number of hydrogen-bond donors (Lipinski definition) is 0. The van der Waals surface area contributed by atoms with E-state index in [1.54, 1.807) is 0 Å². The van der Waals surface area contributed by atoms with E-state index in [4.69, 9.17) is 16.3 Å². The molecule has 1 aromatic rings. The number of aromatic nitrogens is 3. The van der Waals surface area contributed by atoms with Crippen LogP contribution in [0.1, 0.15) is 19.8 Å². The van der Waals surface area contributed by atoms with E-state index in [1.807, 2.05) is 14.0 Å². The molecule has 0 radical (unpaired) electrons. The molecule has 1 saturated heterocycles. The van der Waals surface area contributed by atoms with Crippen LogP contribution in [-0.2, 0) is 0 Å². The lowest BCUT2D eigenvalue weighted by molar-refractivity contribution is 0.251. The molecular formula is C12H20ClN5O. The van der Waals surface area contributed by atoms with E-state index in [9.17, 15) is 0 Å². The van der Waals surface area contributed by atoms with Crippen molar-refractivity contribution in [2.24, 2.45) is 0 Å². The number of rotatable bonds is 4. The molecule has 0 N–H and O–H groups in total. The van der Waals surface area contributed by atoms with E-state index < -0.39 is 0 Å². The van der Waals surface area contributed by atoms with Gasteiger partial charge in [0.05, 0.1) is 6.61 Å². The average molecular weight is 286 g/mol. The molecule has 7 heteroatoms. The maximum Gasteiger partial charge on any atom is 0.322 e. The van der Waals surface area contributed by atoms with Crippen molar-refractivity contribution in [3.8, 4) is 6.01 Å². The Bertz CT molecular complexity index is 423. The van der Waals surface area contributed by atoms with Crippen molar-refractivity contribution < 1.29 is 4.74 Å². The van der Waals surface area contributed by atoms with E-state index in [-0.39, 0.29) is 11.3 Å². The van der Waals surface area contributed by atoms with Crippen molar-refractivity contribution in [3.05, 3.63) is 5.28 Å². The van der Waals surface area contributed by atoms with Gasteiger partial charge in [-0.15, -0.1) is 0 Å². The summed E-state index contributed by atoms with van der Waals surface area (Å²) in [5.41, 5.74) is 0. The highest BCUT2D eigenvalue weighted by Crippen LogP contribution is 2.21. The maximum atomic E-state index is 5.91. The molecule has 0 saturated carbocycles. The maximum absolute atomic E-state index is 5.91. The first-order valence-corrected chi connectivity index (χ1v) is 6.93. The lowest BCUT2D eigenvalue weighted by Crippen LogP contribution is -2.42. The minimum atomic E-state index is 0.174. The largest absolute Gasteiger partial charge is 0.464 e. The summed E-state index contributed by atoms with van der Waals surface area (Å²) < 4.78 is 5.30. The Labute approximate surface area is 118 Å². The monoisotopic (exact) mass is 285 g/mol. The van der Waals surface area contributed by atoms with Crippen LogP contribution in [0.2, 0.25) is 5.28 Å². The zero-order chi connectivity index (χ0) is 13.8. The Morgan fingerprint density at radius 1 is 1.32 bits per heavy atom. The van der Waals surface area contributed by atoms with Gasteiger partial charge in [-0.3, -0.25) is 0 Å². The first-order valence-electron chi connectivity index (χ1n) is 6.56. The van der Waals surface area contributed by atoms with Crippen molar-refractivity contribution in [2.45, 2.75) is 25.8 Å². The molecule has 0 aliphatic carbocycles. The van der Waals surface area contributed by atoms with E-state index in [0.717, 1.165) is 25.9 Å². The quantitative estimate of drug-likeness (QED) is 0.835. The van der Waals surface area contributed by atoms with Crippen LogP contribution >= 0.6 is 11.6 Å². The van der Waals surface area contributed by atoms with E-state index in [1.165, 1.54) is 0 Å². The van der Waals surface area contributed by atoms with Crippen LogP contribution in [0.4, 0.5) is 5.95 Å². The van der Waals surface area contributed by atoms with Crippen LogP contribution in [0, 0.1) is 0 Å². The molecule has 0 aromatic carbocycles. The molecule has 2 heterocycles. The third-order valence-corrected chi connectivity index (χ3v) is 3.57. The van der Waals surface area contributed by atoms with Crippen LogP contribution in [0.5, 0.6) is 6.01 Å². The summed E-state index contributed by atoms with van der Waals surface area (Å²) in [6.07, 6.45) is 2.19.